The number of nitrogens with zero attached hydrogens (tertiary/aromatic N) is 2. The smallest absolute Gasteiger partial charge is 0.267 e. The van der Waals surface area contributed by atoms with E-state index in [9.17, 15) is 18.4 Å². The average Bonchev–Trinajstić information content (AvgIpc) is 3.22. The van der Waals surface area contributed by atoms with Crippen LogP contribution in [0.15, 0.2) is 64.2 Å². The number of aromatic nitrogens is 2. The molecule has 0 aliphatic rings. The molecule has 176 valence electrons. The van der Waals surface area contributed by atoms with Gasteiger partial charge >= 0.3 is 0 Å². The second-order valence-corrected chi connectivity index (χ2v) is 8.62. The molecule has 1 aromatic carbocycles. The number of rotatable bonds is 8. The fourth-order valence-electron chi connectivity index (χ4n) is 2.82. The van der Waals surface area contributed by atoms with Gasteiger partial charge < -0.3 is 5.32 Å². The number of carbonyl (C=O) groups is 1. The molecule has 3 aromatic rings. The van der Waals surface area contributed by atoms with E-state index < -0.39 is 5.82 Å². The zero-order valence-corrected chi connectivity index (χ0v) is 20.5. The quantitative estimate of drug-likeness (QED) is 0.245. The maximum Gasteiger partial charge on any atom is 0.267 e. The molecule has 0 saturated heterocycles. The highest BCUT2D eigenvalue weighted by atomic mass is 32.2. The van der Waals surface area contributed by atoms with E-state index in [-0.39, 0.29) is 23.0 Å². The first-order valence-electron chi connectivity index (χ1n) is 10.4. The lowest BCUT2D eigenvalue weighted by Gasteiger charge is -2.12. The van der Waals surface area contributed by atoms with Gasteiger partial charge in [0.1, 0.15) is 10.6 Å². The summed E-state index contributed by atoms with van der Waals surface area (Å²) < 4.78 is 26.7. The van der Waals surface area contributed by atoms with Gasteiger partial charge in [0, 0.05) is 7.05 Å². The summed E-state index contributed by atoms with van der Waals surface area (Å²) in [4.78, 5) is 30.0. The number of thioether (sulfide) groups is 1. The third-order valence-electron chi connectivity index (χ3n) is 4.48. The molecule has 0 saturated carbocycles. The minimum Gasteiger partial charge on any atom is -0.358 e. The fraction of sp³-hybridized carbons (Fsp3) is 0.292. The molecule has 3 rings (SSSR count). The Balaban J connectivity index is 0.000000479. The van der Waals surface area contributed by atoms with Crippen molar-refractivity contribution in [1.29, 1.82) is 0 Å². The molecule has 0 atom stereocenters. The number of carbonyl (C=O) groups excluding carboxylic acids is 1. The SMILES string of the molecule is C=CCc1csc2nc(SCC(=O)NC)n(-c3ccc(F)cc3)c(=O)c12.CC/C=C(/F)CC. The van der Waals surface area contributed by atoms with E-state index in [1.165, 1.54) is 40.2 Å². The first kappa shape index (κ1) is 26.5. The zero-order chi connectivity index (χ0) is 24.4. The number of thiophene rings is 1. The van der Waals surface area contributed by atoms with Crippen molar-refractivity contribution in [3.8, 4) is 5.69 Å². The van der Waals surface area contributed by atoms with Crippen LogP contribution in [0.2, 0.25) is 0 Å². The molecule has 0 spiro atoms. The number of amides is 1. The van der Waals surface area contributed by atoms with Crippen LogP contribution in [0.4, 0.5) is 8.78 Å². The van der Waals surface area contributed by atoms with Gasteiger partial charge in [0.15, 0.2) is 5.16 Å². The van der Waals surface area contributed by atoms with Crippen LogP contribution < -0.4 is 10.9 Å². The van der Waals surface area contributed by atoms with Gasteiger partial charge in [-0.3, -0.25) is 14.2 Å². The van der Waals surface area contributed by atoms with E-state index in [4.69, 9.17) is 0 Å². The number of nitrogens with one attached hydrogen (secondary N) is 1. The first-order chi connectivity index (χ1) is 15.9. The lowest BCUT2D eigenvalue weighted by atomic mass is 10.2. The highest BCUT2D eigenvalue weighted by Gasteiger charge is 2.18. The van der Waals surface area contributed by atoms with Crippen LogP contribution in [-0.2, 0) is 11.2 Å². The van der Waals surface area contributed by atoms with Crippen molar-refractivity contribution < 1.29 is 13.6 Å². The monoisotopic (exact) mass is 491 g/mol. The summed E-state index contributed by atoms with van der Waals surface area (Å²) in [6, 6.07) is 5.62. The number of halogens is 2. The molecule has 0 unspecified atom stereocenters. The van der Waals surface area contributed by atoms with Crippen LogP contribution in [0.3, 0.4) is 0 Å². The predicted octanol–water partition coefficient (Wildman–Crippen LogP) is 5.81. The molecule has 5 nitrogen and oxygen atoms in total. The number of benzene rings is 1. The van der Waals surface area contributed by atoms with Crippen LogP contribution in [-0.4, -0.2) is 28.3 Å². The van der Waals surface area contributed by atoms with Crippen molar-refractivity contribution in [3.05, 3.63) is 75.9 Å². The Kier molecular flexibility index (Phi) is 10.5. The molecule has 0 fully saturated rings. The van der Waals surface area contributed by atoms with Crippen LogP contribution in [0.1, 0.15) is 32.3 Å². The summed E-state index contributed by atoms with van der Waals surface area (Å²) in [5.74, 6) is -0.435. The van der Waals surface area contributed by atoms with Crippen LogP contribution in [0.5, 0.6) is 0 Å². The molecule has 0 aliphatic carbocycles. The number of allylic oxidation sites excluding steroid dienone is 3. The normalized spacial score (nSPS) is 11.1. The largest absolute Gasteiger partial charge is 0.358 e. The van der Waals surface area contributed by atoms with Crippen molar-refractivity contribution >= 4 is 39.2 Å². The van der Waals surface area contributed by atoms with Gasteiger partial charge in [-0.2, -0.15) is 0 Å². The Hall–Kier alpha value is -2.78. The molecule has 0 radical (unpaired) electrons. The van der Waals surface area contributed by atoms with Gasteiger partial charge in [-0.05, 0) is 54.5 Å². The minimum absolute atomic E-state index is 0.00231. The van der Waals surface area contributed by atoms with Gasteiger partial charge in [-0.25, -0.2) is 13.8 Å². The Bertz CT molecular complexity index is 1180. The Labute approximate surface area is 200 Å². The Morgan fingerprint density at radius 2 is 2.00 bits per heavy atom. The molecule has 0 aliphatic heterocycles. The van der Waals surface area contributed by atoms with Crippen molar-refractivity contribution in [2.24, 2.45) is 0 Å². The topological polar surface area (TPSA) is 64.0 Å². The van der Waals surface area contributed by atoms with E-state index in [1.807, 2.05) is 19.2 Å². The summed E-state index contributed by atoms with van der Waals surface area (Å²) in [6.07, 6.45) is 5.23. The first-order valence-corrected chi connectivity index (χ1v) is 12.3. The summed E-state index contributed by atoms with van der Waals surface area (Å²) in [5, 5.41) is 5.36. The van der Waals surface area contributed by atoms with Crippen molar-refractivity contribution in [2.75, 3.05) is 12.8 Å². The zero-order valence-electron chi connectivity index (χ0n) is 18.9. The Morgan fingerprint density at radius 1 is 1.30 bits per heavy atom. The molecular weight excluding hydrogens is 464 g/mol. The number of hydrogen-bond acceptors (Lipinski definition) is 5. The van der Waals surface area contributed by atoms with E-state index in [0.717, 1.165) is 23.7 Å². The summed E-state index contributed by atoms with van der Waals surface area (Å²) >= 11 is 2.55. The average molecular weight is 492 g/mol. The number of hydrogen-bond donors (Lipinski definition) is 1. The second-order valence-electron chi connectivity index (χ2n) is 6.82. The molecule has 33 heavy (non-hydrogen) atoms. The molecule has 9 heteroatoms. The summed E-state index contributed by atoms with van der Waals surface area (Å²) in [5.41, 5.74) is 1.12. The molecule has 2 aromatic heterocycles. The molecule has 1 N–H and O–H groups in total. The second kappa shape index (κ2) is 13.1. The molecule has 1 amide bonds. The van der Waals surface area contributed by atoms with Gasteiger partial charge in [0.2, 0.25) is 5.91 Å². The lowest BCUT2D eigenvalue weighted by molar-refractivity contribution is -0.118. The standard InChI is InChI=1S/C18H16FN3O2S2.C6H11F/c1-3-4-11-9-25-16-15(11)17(24)22(13-7-5-12(19)6-8-13)18(21-16)26-10-14(23)20-2;1-3-5-6(7)4-2/h3,5-9H,1,4,10H2,2H3,(H,20,23);5H,3-4H2,1-2H3/b;6-5+. The van der Waals surface area contributed by atoms with Crippen LogP contribution in [0.25, 0.3) is 15.9 Å². The lowest BCUT2D eigenvalue weighted by Crippen LogP contribution is -2.24. The van der Waals surface area contributed by atoms with Crippen molar-refractivity contribution in [1.82, 2.24) is 14.9 Å². The molecule has 2 heterocycles. The van der Waals surface area contributed by atoms with Gasteiger partial charge in [0.25, 0.3) is 5.56 Å². The highest BCUT2D eigenvalue weighted by Crippen LogP contribution is 2.27. The maximum atomic E-state index is 13.3. The van der Waals surface area contributed by atoms with E-state index in [0.29, 0.717) is 33.9 Å². The summed E-state index contributed by atoms with van der Waals surface area (Å²) in [6.45, 7) is 7.46. The van der Waals surface area contributed by atoms with Gasteiger partial charge in [0.05, 0.1) is 22.7 Å². The fourth-order valence-corrected chi connectivity index (χ4v) is 4.70. The maximum absolute atomic E-state index is 13.3. The number of fused-ring (bicyclic) bond motifs is 1. The molecule has 0 bridgehead atoms. The van der Waals surface area contributed by atoms with Crippen molar-refractivity contribution in [2.45, 2.75) is 38.3 Å². The summed E-state index contributed by atoms with van der Waals surface area (Å²) in [7, 11) is 1.55. The van der Waals surface area contributed by atoms with Crippen molar-refractivity contribution in [3.63, 3.8) is 0 Å². The third-order valence-corrected chi connectivity index (χ3v) is 6.34. The van der Waals surface area contributed by atoms with E-state index in [2.05, 4.69) is 16.9 Å². The highest BCUT2D eigenvalue weighted by molar-refractivity contribution is 7.99. The Morgan fingerprint density at radius 3 is 2.55 bits per heavy atom. The van der Waals surface area contributed by atoms with Gasteiger partial charge in [-0.1, -0.05) is 37.8 Å². The van der Waals surface area contributed by atoms with Crippen LogP contribution in [0, 0.1) is 5.82 Å². The van der Waals surface area contributed by atoms with E-state index >= 15 is 0 Å². The van der Waals surface area contributed by atoms with Crippen LogP contribution >= 0.6 is 23.1 Å². The predicted molar refractivity (Wildman–Crippen MR) is 134 cm³/mol. The third kappa shape index (κ3) is 7.10. The van der Waals surface area contributed by atoms with Gasteiger partial charge in [-0.15, -0.1) is 17.9 Å². The molecular formula is C24H27F2N3O2S2. The minimum atomic E-state index is -0.390. The van der Waals surface area contributed by atoms with E-state index in [1.54, 1.807) is 19.2 Å².